The maximum atomic E-state index is 12.4. The van der Waals surface area contributed by atoms with Crippen LogP contribution in [-0.2, 0) is 11.3 Å². The van der Waals surface area contributed by atoms with Gasteiger partial charge in [-0.2, -0.15) is 0 Å². The number of likely N-dealkylation sites (tertiary alicyclic amines) is 1. The zero-order valence-corrected chi connectivity index (χ0v) is 17.6. The average molecular weight is 402 g/mol. The molecule has 1 aliphatic heterocycles. The molecule has 8 heteroatoms. The summed E-state index contributed by atoms with van der Waals surface area (Å²) in [5.41, 5.74) is 1.11. The van der Waals surface area contributed by atoms with E-state index in [1.807, 2.05) is 39.0 Å². The van der Waals surface area contributed by atoms with Crippen LogP contribution in [0.3, 0.4) is 0 Å². The van der Waals surface area contributed by atoms with Gasteiger partial charge in [0.2, 0.25) is 0 Å². The number of benzene rings is 1. The van der Waals surface area contributed by atoms with E-state index in [2.05, 4.69) is 15.2 Å². The maximum absolute atomic E-state index is 12.4. The lowest BCUT2D eigenvalue weighted by atomic mass is 10.1. The summed E-state index contributed by atoms with van der Waals surface area (Å²) in [6, 6.07) is 5.54. The second-order valence-electron chi connectivity index (χ2n) is 8.42. The molecule has 8 nitrogen and oxygen atoms in total. The minimum Gasteiger partial charge on any atom is -0.497 e. The lowest BCUT2D eigenvalue weighted by Gasteiger charge is -2.32. The minimum atomic E-state index is -0.361. The third-order valence-corrected chi connectivity index (χ3v) is 4.98. The Labute approximate surface area is 170 Å². The molecule has 1 saturated heterocycles. The van der Waals surface area contributed by atoms with E-state index in [0.29, 0.717) is 12.3 Å². The highest BCUT2D eigenvalue weighted by molar-refractivity contribution is 5.76. The Balaban J connectivity index is 1.56. The third-order valence-electron chi connectivity index (χ3n) is 4.98. The quantitative estimate of drug-likeness (QED) is 0.827. The number of nitrogens with one attached hydrogen (secondary N) is 1. The Morgan fingerprint density at radius 1 is 1.24 bits per heavy atom. The largest absolute Gasteiger partial charge is 0.497 e. The van der Waals surface area contributed by atoms with Gasteiger partial charge in [-0.1, -0.05) is 0 Å². The van der Waals surface area contributed by atoms with Crippen molar-refractivity contribution >= 4 is 17.1 Å². The average Bonchev–Trinajstić information content (AvgIpc) is 2.66. The number of rotatable bonds is 5. The summed E-state index contributed by atoms with van der Waals surface area (Å²) >= 11 is 0. The van der Waals surface area contributed by atoms with Crippen LogP contribution in [0.5, 0.6) is 5.75 Å². The molecular weight excluding hydrogens is 372 g/mol. The molecule has 0 saturated carbocycles. The predicted octanol–water partition coefficient (Wildman–Crippen LogP) is 2.39. The molecule has 1 N–H and O–H groups in total. The molecule has 3 rings (SSSR count). The van der Waals surface area contributed by atoms with E-state index in [9.17, 15) is 9.59 Å². The van der Waals surface area contributed by atoms with Crippen molar-refractivity contribution in [1.29, 1.82) is 0 Å². The van der Waals surface area contributed by atoms with Gasteiger partial charge in [-0.05, 0) is 45.7 Å². The molecule has 1 aromatic carbocycles. The van der Waals surface area contributed by atoms with Crippen LogP contribution in [0.1, 0.15) is 33.6 Å². The van der Waals surface area contributed by atoms with Crippen molar-refractivity contribution in [1.82, 2.24) is 19.8 Å². The second-order valence-corrected chi connectivity index (χ2v) is 8.42. The van der Waals surface area contributed by atoms with Crippen molar-refractivity contribution in [2.75, 3.05) is 26.7 Å². The highest BCUT2D eigenvalue weighted by atomic mass is 16.6. The molecule has 2 aromatic rings. The summed E-state index contributed by atoms with van der Waals surface area (Å²) < 4.78 is 12.6. The lowest BCUT2D eigenvalue weighted by molar-refractivity contribution is 0.0464. The molecule has 2 heterocycles. The van der Waals surface area contributed by atoms with E-state index in [4.69, 9.17) is 9.47 Å². The van der Waals surface area contributed by atoms with E-state index >= 15 is 0 Å². The Kier molecular flexibility index (Phi) is 6.42. The number of ether oxygens (including phenoxy) is 2. The SMILES string of the molecule is COc1ccc2ncc(=O)n(CCN3CCC(OC(=O)NC(C)(C)C)CC3)c2c1. The van der Waals surface area contributed by atoms with Gasteiger partial charge in [0, 0.05) is 37.8 Å². The summed E-state index contributed by atoms with van der Waals surface area (Å²) in [5, 5.41) is 2.83. The number of fused-ring (bicyclic) bond motifs is 1. The third kappa shape index (κ3) is 5.69. The van der Waals surface area contributed by atoms with Gasteiger partial charge in [0.05, 0.1) is 24.3 Å². The van der Waals surface area contributed by atoms with E-state index in [1.165, 1.54) is 6.20 Å². The smallest absolute Gasteiger partial charge is 0.407 e. The summed E-state index contributed by atoms with van der Waals surface area (Å²) in [6.07, 6.45) is 2.51. The van der Waals surface area contributed by atoms with Crippen LogP contribution >= 0.6 is 0 Å². The topological polar surface area (TPSA) is 85.7 Å². The Bertz CT molecular complexity index is 911. The van der Waals surface area contributed by atoms with Gasteiger partial charge < -0.3 is 24.3 Å². The fourth-order valence-corrected chi connectivity index (χ4v) is 3.48. The first-order valence-corrected chi connectivity index (χ1v) is 10.00. The number of methoxy groups -OCH3 is 1. The fraction of sp³-hybridized carbons (Fsp3) is 0.571. The molecule has 0 spiro atoms. The van der Waals surface area contributed by atoms with E-state index in [-0.39, 0.29) is 23.3 Å². The molecule has 0 unspecified atom stereocenters. The molecule has 1 amide bonds. The van der Waals surface area contributed by atoms with Gasteiger partial charge in [-0.25, -0.2) is 9.78 Å². The lowest BCUT2D eigenvalue weighted by Crippen LogP contribution is -2.45. The monoisotopic (exact) mass is 402 g/mol. The zero-order valence-electron chi connectivity index (χ0n) is 17.6. The molecule has 0 radical (unpaired) electrons. The molecule has 29 heavy (non-hydrogen) atoms. The summed E-state index contributed by atoms with van der Waals surface area (Å²) in [7, 11) is 1.61. The number of piperidine rings is 1. The highest BCUT2D eigenvalue weighted by Crippen LogP contribution is 2.19. The van der Waals surface area contributed by atoms with Crippen LogP contribution in [0.4, 0.5) is 4.79 Å². The van der Waals surface area contributed by atoms with Crippen molar-refractivity contribution in [3.8, 4) is 5.75 Å². The van der Waals surface area contributed by atoms with E-state index in [1.54, 1.807) is 11.7 Å². The van der Waals surface area contributed by atoms with Crippen LogP contribution in [0.2, 0.25) is 0 Å². The zero-order chi connectivity index (χ0) is 21.0. The standard InChI is InChI=1S/C21H30N4O4/c1-21(2,3)23-20(27)29-15-7-9-24(10-8-15)11-12-25-18-13-16(28-4)5-6-17(18)22-14-19(25)26/h5-6,13-15H,7-12H2,1-4H3,(H,23,27). The molecular formula is C21H30N4O4. The van der Waals surface area contributed by atoms with Crippen LogP contribution in [0.15, 0.2) is 29.2 Å². The number of amides is 1. The van der Waals surface area contributed by atoms with Gasteiger partial charge in [0.25, 0.3) is 5.56 Å². The van der Waals surface area contributed by atoms with Crippen molar-refractivity contribution in [2.45, 2.75) is 51.8 Å². The number of nitrogens with zero attached hydrogens (tertiary/aromatic N) is 3. The van der Waals surface area contributed by atoms with Gasteiger partial charge in [0.1, 0.15) is 11.9 Å². The van der Waals surface area contributed by atoms with Crippen molar-refractivity contribution in [3.63, 3.8) is 0 Å². The Morgan fingerprint density at radius 3 is 2.62 bits per heavy atom. The molecule has 1 aromatic heterocycles. The van der Waals surface area contributed by atoms with Gasteiger partial charge in [-0.15, -0.1) is 0 Å². The van der Waals surface area contributed by atoms with Crippen LogP contribution in [0, 0.1) is 0 Å². The molecule has 1 aliphatic rings. The number of hydrogen-bond donors (Lipinski definition) is 1. The first-order chi connectivity index (χ1) is 13.7. The van der Waals surface area contributed by atoms with E-state index < -0.39 is 0 Å². The minimum absolute atomic E-state index is 0.0673. The van der Waals surface area contributed by atoms with Gasteiger partial charge >= 0.3 is 6.09 Å². The molecule has 0 aliphatic carbocycles. The first-order valence-electron chi connectivity index (χ1n) is 10.00. The second kappa shape index (κ2) is 8.82. The summed E-state index contributed by atoms with van der Waals surface area (Å²) in [5.74, 6) is 0.699. The highest BCUT2D eigenvalue weighted by Gasteiger charge is 2.24. The molecule has 0 bridgehead atoms. The Morgan fingerprint density at radius 2 is 1.97 bits per heavy atom. The summed E-state index contributed by atoms with van der Waals surface area (Å²) in [4.78, 5) is 30.8. The fourth-order valence-electron chi connectivity index (χ4n) is 3.48. The van der Waals surface area contributed by atoms with E-state index in [0.717, 1.165) is 43.5 Å². The predicted molar refractivity (Wildman–Crippen MR) is 111 cm³/mol. The number of carbonyl (C=O) groups excluding carboxylic acids is 1. The van der Waals surface area contributed by atoms with Crippen LogP contribution in [-0.4, -0.2) is 58.9 Å². The van der Waals surface area contributed by atoms with Crippen molar-refractivity contribution in [2.24, 2.45) is 0 Å². The number of aromatic nitrogens is 2. The molecule has 0 atom stereocenters. The van der Waals surface area contributed by atoms with Gasteiger partial charge in [-0.3, -0.25) is 4.79 Å². The number of carbonyl (C=O) groups is 1. The van der Waals surface area contributed by atoms with Crippen LogP contribution < -0.4 is 15.6 Å². The van der Waals surface area contributed by atoms with Gasteiger partial charge in [0.15, 0.2) is 0 Å². The maximum Gasteiger partial charge on any atom is 0.407 e. The molecule has 1 fully saturated rings. The normalized spacial score (nSPS) is 16.0. The van der Waals surface area contributed by atoms with Crippen molar-refractivity contribution < 1.29 is 14.3 Å². The summed E-state index contributed by atoms with van der Waals surface area (Å²) in [6.45, 7) is 8.76. The van der Waals surface area contributed by atoms with Crippen LogP contribution in [0.25, 0.3) is 11.0 Å². The number of alkyl carbamates (subject to hydrolysis) is 1. The Hall–Kier alpha value is -2.61. The molecule has 158 valence electrons. The number of hydrogen-bond acceptors (Lipinski definition) is 6. The first kappa shape index (κ1) is 21.1. The van der Waals surface area contributed by atoms with Crippen molar-refractivity contribution in [3.05, 3.63) is 34.7 Å².